The summed E-state index contributed by atoms with van der Waals surface area (Å²) in [5, 5.41) is 23.5. The molecule has 0 saturated carbocycles. The molecule has 1 atom stereocenters. The Morgan fingerprint density at radius 1 is 1.14 bits per heavy atom. The van der Waals surface area contributed by atoms with Gasteiger partial charge in [0, 0.05) is 29.0 Å². The van der Waals surface area contributed by atoms with Gasteiger partial charge < -0.3 is 5.11 Å². The zero-order valence-electron chi connectivity index (χ0n) is 18.8. The molecule has 1 aliphatic heterocycles. The number of aromatic hydroxyl groups is 1. The molecule has 0 radical (unpaired) electrons. The van der Waals surface area contributed by atoms with Gasteiger partial charge in [0.2, 0.25) is 5.95 Å². The summed E-state index contributed by atoms with van der Waals surface area (Å²) in [6.07, 6.45) is 2.73. The van der Waals surface area contributed by atoms with Crippen molar-refractivity contribution in [2.24, 2.45) is 15.3 Å². The zero-order chi connectivity index (χ0) is 26.1. The first-order valence-electron chi connectivity index (χ1n) is 10.3. The number of azo groups is 1. The molecule has 0 spiro atoms. The standard InChI is InChI=1S/C22H18ClN7O5S/c1-13-22(2,20(33)30(27-13)19(32)14-4-6-15(23)7-5-14)29-26-17-9-8-16(12-18(17)31)36(34,35)28-21-24-10-3-11-25-21/h3-12,31H,1-2H3,(H,24,25,28)/b29-26+. The van der Waals surface area contributed by atoms with Crippen LogP contribution in [-0.4, -0.2) is 51.6 Å². The third-order valence-corrected chi connectivity index (χ3v) is 6.83. The number of nitrogens with zero attached hydrogens (tertiary/aromatic N) is 6. The van der Waals surface area contributed by atoms with Crippen molar-refractivity contribution < 1.29 is 23.1 Å². The minimum absolute atomic E-state index is 0.103. The molecule has 1 aliphatic rings. The molecule has 3 aromatic rings. The van der Waals surface area contributed by atoms with Gasteiger partial charge in [-0.15, -0.1) is 0 Å². The first-order chi connectivity index (χ1) is 17.0. The van der Waals surface area contributed by atoms with Gasteiger partial charge in [-0.05, 0) is 56.3 Å². The van der Waals surface area contributed by atoms with Crippen LogP contribution in [0.15, 0.2) is 81.2 Å². The molecule has 14 heteroatoms. The highest BCUT2D eigenvalue weighted by Crippen LogP contribution is 2.33. The molecule has 12 nitrogen and oxygen atoms in total. The summed E-state index contributed by atoms with van der Waals surface area (Å²) in [5.74, 6) is -2.05. The van der Waals surface area contributed by atoms with Crippen LogP contribution in [-0.2, 0) is 14.8 Å². The van der Waals surface area contributed by atoms with E-state index in [0.717, 1.165) is 6.07 Å². The third-order valence-electron chi connectivity index (χ3n) is 5.25. The lowest BCUT2D eigenvalue weighted by Crippen LogP contribution is -2.43. The molecular formula is C22H18ClN7O5S. The van der Waals surface area contributed by atoms with Gasteiger partial charge in [0.15, 0.2) is 5.54 Å². The number of phenols is 1. The molecule has 1 aromatic heterocycles. The highest BCUT2D eigenvalue weighted by molar-refractivity contribution is 7.92. The average molecular weight is 528 g/mol. The monoisotopic (exact) mass is 527 g/mol. The molecule has 36 heavy (non-hydrogen) atoms. The molecule has 2 amide bonds. The molecule has 2 N–H and O–H groups in total. The molecule has 4 rings (SSSR count). The largest absolute Gasteiger partial charge is 0.506 e. The first-order valence-corrected chi connectivity index (χ1v) is 12.1. The molecule has 0 fully saturated rings. The summed E-state index contributed by atoms with van der Waals surface area (Å²) in [4.78, 5) is 33.1. The van der Waals surface area contributed by atoms with Crippen LogP contribution in [0.2, 0.25) is 5.02 Å². The van der Waals surface area contributed by atoms with E-state index in [1.807, 2.05) is 0 Å². The number of hydrogen-bond donors (Lipinski definition) is 2. The van der Waals surface area contributed by atoms with Gasteiger partial charge in [-0.3, -0.25) is 9.59 Å². The third kappa shape index (κ3) is 4.78. The number of sulfonamides is 1. The minimum Gasteiger partial charge on any atom is -0.506 e. The molecule has 2 heterocycles. The van der Waals surface area contributed by atoms with E-state index in [1.165, 1.54) is 68.7 Å². The SMILES string of the molecule is CC1=NN(C(=O)c2ccc(Cl)cc2)C(=O)C1(C)/N=N/c1ccc(S(=O)(=O)Nc2ncccn2)cc1O. The number of phenolic OH excluding ortho intramolecular Hbond substituents is 1. The van der Waals surface area contributed by atoms with Crippen molar-refractivity contribution in [3.05, 3.63) is 71.5 Å². The van der Waals surface area contributed by atoms with E-state index in [1.54, 1.807) is 0 Å². The highest BCUT2D eigenvalue weighted by atomic mass is 35.5. The second-order valence-electron chi connectivity index (χ2n) is 7.72. The van der Waals surface area contributed by atoms with Crippen molar-refractivity contribution in [1.29, 1.82) is 0 Å². The highest BCUT2D eigenvalue weighted by Gasteiger charge is 2.48. The number of hydrogen-bond acceptors (Lipinski definition) is 10. The summed E-state index contributed by atoms with van der Waals surface area (Å²) >= 11 is 5.85. The Morgan fingerprint density at radius 2 is 1.81 bits per heavy atom. The molecule has 0 aliphatic carbocycles. The van der Waals surface area contributed by atoms with Gasteiger partial charge in [0.05, 0.1) is 10.6 Å². The number of amides is 2. The van der Waals surface area contributed by atoms with Gasteiger partial charge >= 0.3 is 0 Å². The Bertz CT molecular complexity index is 1510. The number of benzene rings is 2. The van der Waals surface area contributed by atoms with Gasteiger partial charge in [-0.2, -0.15) is 20.3 Å². The fourth-order valence-electron chi connectivity index (χ4n) is 3.06. The summed E-state index contributed by atoms with van der Waals surface area (Å²) in [6, 6.07) is 10.9. The Balaban J connectivity index is 1.54. The maximum absolute atomic E-state index is 13.0. The number of hydrazone groups is 1. The summed E-state index contributed by atoms with van der Waals surface area (Å²) in [5.41, 5.74) is -1.32. The maximum atomic E-state index is 13.0. The lowest BCUT2D eigenvalue weighted by Gasteiger charge is -2.17. The van der Waals surface area contributed by atoms with E-state index in [2.05, 4.69) is 30.0 Å². The number of carbonyl (C=O) groups is 2. The van der Waals surface area contributed by atoms with Crippen LogP contribution in [0.25, 0.3) is 0 Å². The number of nitrogens with one attached hydrogen (secondary N) is 1. The average Bonchev–Trinajstić information content (AvgIpc) is 3.07. The molecule has 2 aromatic carbocycles. The number of aromatic nitrogens is 2. The van der Waals surface area contributed by atoms with E-state index < -0.39 is 33.1 Å². The first kappa shape index (κ1) is 24.9. The Morgan fingerprint density at radius 3 is 2.44 bits per heavy atom. The maximum Gasteiger partial charge on any atom is 0.285 e. The van der Waals surface area contributed by atoms with Crippen LogP contribution >= 0.6 is 11.6 Å². The lowest BCUT2D eigenvalue weighted by molar-refractivity contribution is -0.129. The number of anilines is 1. The molecule has 0 bridgehead atoms. The molecule has 1 unspecified atom stereocenters. The normalized spacial score (nSPS) is 17.9. The van der Waals surface area contributed by atoms with Crippen LogP contribution in [0.4, 0.5) is 11.6 Å². The van der Waals surface area contributed by atoms with Crippen molar-refractivity contribution >= 4 is 50.8 Å². The van der Waals surface area contributed by atoms with Crippen molar-refractivity contribution in [1.82, 2.24) is 15.0 Å². The number of carbonyl (C=O) groups excluding carboxylic acids is 2. The summed E-state index contributed by atoms with van der Waals surface area (Å²) in [6.45, 7) is 2.94. The molecular weight excluding hydrogens is 510 g/mol. The smallest absolute Gasteiger partial charge is 0.285 e. The van der Waals surface area contributed by atoms with Crippen molar-refractivity contribution in [3.63, 3.8) is 0 Å². The number of rotatable bonds is 6. The Kier molecular flexibility index (Phi) is 6.52. The van der Waals surface area contributed by atoms with E-state index in [9.17, 15) is 23.1 Å². The van der Waals surface area contributed by atoms with Crippen molar-refractivity contribution in [3.8, 4) is 5.75 Å². The van der Waals surface area contributed by atoms with Crippen molar-refractivity contribution in [2.45, 2.75) is 24.3 Å². The lowest BCUT2D eigenvalue weighted by atomic mass is 9.98. The van der Waals surface area contributed by atoms with Gasteiger partial charge in [0.1, 0.15) is 11.4 Å². The Labute approximate surface area is 210 Å². The van der Waals surface area contributed by atoms with Gasteiger partial charge in [-0.25, -0.2) is 23.1 Å². The topological polar surface area (TPSA) is 167 Å². The van der Waals surface area contributed by atoms with Gasteiger partial charge in [-0.1, -0.05) is 11.6 Å². The number of imide groups is 1. The second kappa shape index (κ2) is 9.43. The van der Waals surface area contributed by atoms with Crippen LogP contribution in [0, 0.1) is 0 Å². The van der Waals surface area contributed by atoms with E-state index in [0.29, 0.717) is 10.0 Å². The Hall–Kier alpha value is -4.23. The van der Waals surface area contributed by atoms with Crippen LogP contribution < -0.4 is 4.72 Å². The fourth-order valence-corrected chi connectivity index (χ4v) is 4.16. The van der Waals surface area contributed by atoms with E-state index in [4.69, 9.17) is 11.6 Å². The van der Waals surface area contributed by atoms with E-state index in [-0.39, 0.29) is 27.8 Å². The minimum atomic E-state index is -4.09. The summed E-state index contributed by atoms with van der Waals surface area (Å²) < 4.78 is 27.3. The van der Waals surface area contributed by atoms with Crippen LogP contribution in [0.1, 0.15) is 24.2 Å². The molecule has 0 saturated heterocycles. The second-order valence-corrected chi connectivity index (χ2v) is 9.83. The zero-order valence-corrected chi connectivity index (χ0v) is 20.4. The predicted octanol–water partition coefficient (Wildman–Crippen LogP) is 3.54. The van der Waals surface area contributed by atoms with Crippen LogP contribution in [0.5, 0.6) is 5.75 Å². The number of halogens is 1. The fraction of sp³-hybridized carbons (Fsp3) is 0.136. The molecule has 184 valence electrons. The van der Waals surface area contributed by atoms with Crippen molar-refractivity contribution in [2.75, 3.05) is 4.72 Å². The summed E-state index contributed by atoms with van der Waals surface area (Å²) in [7, 11) is -4.09. The van der Waals surface area contributed by atoms with Crippen LogP contribution in [0.3, 0.4) is 0 Å². The van der Waals surface area contributed by atoms with E-state index >= 15 is 0 Å². The quantitative estimate of drug-likeness (QED) is 0.365. The van der Waals surface area contributed by atoms with Gasteiger partial charge in [0.25, 0.3) is 21.8 Å². The predicted molar refractivity (Wildman–Crippen MR) is 130 cm³/mol.